The Hall–Kier alpha value is -3.04. The van der Waals surface area contributed by atoms with Crippen molar-refractivity contribution >= 4 is 13.5 Å². The van der Waals surface area contributed by atoms with Gasteiger partial charge in [-0.15, -0.1) is 0 Å². The van der Waals surface area contributed by atoms with E-state index in [0.717, 1.165) is 36.8 Å². The third-order valence-corrected chi connectivity index (χ3v) is 13.2. The minimum Gasteiger partial charge on any atom is -0.477 e. The molecule has 0 amide bonds. The average molecular weight is 646 g/mol. The number of rotatable bonds is 8. The summed E-state index contributed by atoms with van der Waals surface area (Å²) in [4.78, 5) is 13.3. The summed E-state index contributed by atoms with van der Waals surface area (Å²) in [7, 11) is -4.12. The fourth-order valence-corrected chi connectivity index (χ4v) is 10.7. The Bertz CT molecular complexity index is 1650. The normalized spacial score (nSPS) is 32.2. The minimum absolute atomic E-state index is 0.0497. The summed E-state index contributed by atoms with van der Waals surface area (Å²) in [5.41, 5.74) is 8.70. The van der Waals surface area contributed by atoms with Crippen molar-refractivity contribution in [1.82, 2.24) is 5.25 Å². The van der Waals surface area contributed by atoms with Gasteiger partial charge in [-0.05, 0) is 80.0 Å². The molecule has 242 valence electrons. The third-order valence-electron chi connectivity index (χ3n) is 12.0. The van der Waals surface area contributed by atoms with E-state index >= 15 is 0 Å². The average Bonchev–Trinajstić information content (AvgIpc) is 3.46. The van der Waals surface area contributed by atoms with Crippen molar-refractivity contribution in [2.45, 2.75) is 86.4 Å². The standard InChI is InChI=1S/C36H41N2O7P/c37-28-15-19-35-31-24-11-12-30(32(31)44-33(35)29(39)16-20-36(35,40)27(28)21-24)45-46(42,38-41)43-22-23-13-17-34(18-14-23,25-7-3-1-4-8-25)26-9-5-2-6-10-26/h1-12,23,27-28,33,40-41H,13-22,37H2,(H,38,42)/p+1. The van der Waals surface area contributed by atoms with Crippen molar-refractivity contribution in [1.29, 1.82) is 0 Å². The van der Waals surface area contributed by atoms with E-state index in [4.69, 9.17) is 24.7 Å². The highest BCUT2D eigenvalue weighted by Crippen LogP contribution is 2.67. The highest BCUT2D eigenvalue weighted by atomic mass is 31.2. The highest BCUT2D eigenvalue weighted by molar-refractivity contribution is 7.51. The van der Waals surface area contributed by atoms with Gasteiger partial charge in [-0.2, -0.15) is 0 Å². The van der Waals surface area contributed by atoms with Gasteiger partial charge < -0.3 is 25.3 Å². The Morgan fingerprint density at radius 2 is 1.63 bits per heavy atom. The molecule has 5 aliphatic rings. The fourth-order valence-electron chi connectivity index (χ4n) is 9.76. The monoisotopic (exact) mass is 645 g/mol. The zero-order chi connectivity index (χ0) is 31.7. The first kappa shape index (κ1) is 30.3. The Labute approximate surface area is 269 Å². The van der Waals surface area contributed by atoms with E-state index in [1.807, 2.05) is 18.2 Å². The lowest BCUT2D eigenvalue weighted by Crippen LogP contribution is -2.73. The molecule has 6 atom stereocenters. The van der Waals surface area contributed by atoms with Crippen molar-refractivity contribution in [3.63, 3.8) is 0 Å². The second kappa shape index (κ2) is 11.0. The van der Waals surface area contributed by atoms with Crippen LogP contribution in [-0.4, -0.2) is 40.5 Å². The summed E-state index contributed by atoms with van der Waals surface area (Å²) in [6.07, 6.45) is 5.07. The maximum absolute atomic E-state index is 13.9. The number of carbonyl (C=O) groups excluding carboxylic acids is 1. The van der Waals surface area contributed by atoms with Gasteiger partial charge in [0, 0.05) is 34.6 Å². The second-order valence-electron chi connectivity index (χ2n) is 14.1. The maximum Gasteiger partial charge on any atom is 0.520 e. The lowest BCUT2D eigenvalue weighted by atomic mass is 9.45. The molecule has 8 rings (SSSR count). The number of nitrogens with two attached hydrogens (primary N) is 1. The van der Waals surface area contributed by atoms with Crippen LogP contribution in [0.5, 0.6) is 11.5 Å². The molecule has 6 unspecified atom stereocenters. The van der Waals surface area contributed by atoms with Crippen LogP contribution < -0.4 is 20.2 Å². The number of benzene rings is 3. The van der Waals surface area contributed by atoms with Crippen LogP contribution in [0.2, 0.25) is 0 Å². The van der Waals surface area contributed by atoms with Gasteiger partial charge in [0.25, 0.3) is 0 Å². The van der Waals surface area contributed by atoms with Crippen molar-refractivity contribution in [2.24, 2.45) is 17.6 Å². The van der Waals surface area contributed by atoms with Crippen molar-refractivity contribution in [3.8, 4) is 11.5 Å². The molecule has 4 aliphatic carbocycles. The number of ketones is 1. The van der Waals surface area contributed by atoms with Gasteiger partial charge in [-0.3, -0.25) is 9.32 Å². The Balaban J connectivity index is 1.02. The molecule has 3 saturated carbocycles. The molecule has 1 aliphatic heterocycles. The highest BCUT2D eigenvalue weighted by Gasteiger charge is 2.73. The van der Waals surface area contributed by atoms with E-state index in [1.165, 1.54) is 11.1 Å². The predicted molar refractivity (Wildman–Crippen MR) is 173 cm³/mol. The van der Waals surface area contributed by atoms with E-state index < -0.39 is 24.9 Å². The Morgan fingerprint density at radius 3 is 2.28 bits per heavy atom. The van der Waals surface area contributed by atoms with E-state index in [0.29, 0.717) is 31.4 Å². The lowest BCUT2D eigenvalue weighted by molar-refractivity contribution is -0.180. The van der Waals surface area contributed by atoms with E-state index in [-0.39, 0.29) is 47.9 Å². The molecule has 0 saturated heterocycles. The number of hydrogen-bond acceptors (Lipinski definition) is 7. The first-order valence-corrected chi connectivity index (χ1v) is 18.1. The SMILES string of the molecule is NC1CCC23c4c5ccc(OP(=O)(N[OH2+])OCC6CCC(c7ccccc7)(c7ccccc7)CC6)c4OC2C(=O)CCC3(O)C1C5. The molecule has 46 heavy (non-hydrogen) atoms. The zero-order valence-electron chi connectivity index (χ0n) is 25.8. The van der Waals surface area contributed by atoms with Crippen LogP contribution in [0.4, 0.5) is 0 Å². The number of aliphatic hydroxyl groups is 1. The molecule has 1 spiro atoms. The number of ether oxygens (including phenoxy) is 1. The second-order valence-corrected chi connectivity index (χ2v) is 15.7. The van der Waals surface area contributed by atoms with Crippen molar-refractivity contribution < 1.29 is 33.5 Å². The lowest BCUT2D eigenvalue weighted by Gasteiger charge is -2.61. The van der Waals surface area contributed by atoms with Gasteiger partial charge in [-0.25, -0.2) is 4.57 Å². The molecule has 3 fully saturated rings. The van der Waals surface area contributed by atoms with Crippen molar-refractivity contribution in [2.75, 3.05) is 6.61 Å². The molecule has 0 aromatic heterocycles. The topological polar surface area (TPSA) is 143 Å². The van der Waals surface area contributed by atoms with Crippen LogP contribution in [0.1, 0.15) is 73.6 Å². The molecule has 9 nitrogen and oxygen atoms in total. The summed E-state index contributed by atoms with van der Waals surface area (Å²) in [5, 5.41) is 22.2. The molecular formula is C36H42N2O7P+. The first-order chi connectivity index (χ1) is 22.2. The van der Waals surface area contributed by atoms with Crippen LogP contribution in [0.25, 0.3) is 0 Å². The summed E-state index contributed by atoms with van der Waals surface area (Å²) in [6, 6.07) is 24.7. The largest absolute Gasteiger partial charge is 0.520 e. The van der Waals surface area contributed by atoms with Crippen LogP contribution >= 0.6 is 7.75 Å². The van der Waals surface area contributed by atoms with Gasteiger partial charge in [0.1, 0.15) is 0 Å². The van der Waals surface area contributed by atoms with Gasteiger partial charge in [0.2, 0.25) is 0 Å². The molecule has 3 aromatic carbocycles. The number of carbonyl (C=O) groups is 1. The summed E-state index contributed by atoms with van der Waals surface area (Å²) in [5.74, 6) is 0.403. The molecular weight excluding hydrogens is 603 g/mol. The van der Waals surface area contributed by atoms with Crippen molar-refractivity contribution in [3.05, 3.63) is 95.1 Å². The maximum atomic E-state index is 13.9. The minimum atomic E-state index is -4.12. The smallest absolute Gasteiger partial charge is 0.477 e. The van der Waals surface area contributed by atoms with E-state index in [2.05, 4.69) is 53.8 Å². The number of hydrogen-bond donors (Lipinski definition) is 3. The molecule has 10 heteroatoms. The van der Waals surface area contributed by atoms with Gasteiger partial charge >= 0.3 is 7.75 Å². The van der Waals surface area contributed by atoms with E-state index in [9.17, 15) is 14.5 Å². The van der Waals surface area contributed by atoms with E-state index in [1.54, 1.807) is 6.07 Å². The van der Waals surface area contributed by atoms with Crippen LogP contribution in [0.3, 0.4) is 0 Å². The first-order valence-electron chi connectivity index (χ1n) is 16.6. The molecule has 6 N–H and O–H groups in total. The van der Waals surface area contributed by atoms with Gasteiger partial charge in [-0.1, -0.05) is 66.7 Å². The van der Waals surface area contributed by atoms with Crippen LogP contribution in [-0.2, 0) is 31.1 Å². The Morgan fingerprint density at radius 1 is 0.957 bits per heavy atom. The summed E-state index contributed by atoms with van der Waals surface area (Å²) >= 11 is 0. The third kappa shape index (κ3) is 4.33. The predicted octanol–water partition coefficient (Wildman–Crippen LogP) is 4.98. The Kier molecular flexibility index (Phi) is 7.25. The number of nitrogens with one attached hydrogen (secondary N) is 1. The fraction of sp³-hybridized carbons (Fsp3) is 0.472. The van der Waals surface area contributed by atoms with Crippen LogP contribution in [0.15, 0.2) is 72.8 Å². The zero-order valence-corrected chi connectivity index (χ0v) is 26.7. The number of Topliss-reactive ketones (excluding diaryl/α,β-unsaturated/α-hetero) is 1. The summed E-state index contributed by atoms with van der Waals surface area (Å²) < 4.78 is 32.2. The molecule has 1 heterocycles. The molecule has 3 aromatic rings. The van der Waals surface area contributed by atoms with Gasteiger partial charge in [0.15, 0.2) is 23.4 Å². The molecule has 2 bridgehead atoms. The molecule has 0 radical (unpaired) electrons. The quantitative estimate of drug-likeness (QED) is 0.177. The summed E-state index contributed by atoms with van der Waals surface area (Å²) in [6.45, 7) is 0.175. The van der Waals surface area contributed by atoms with Gasteiger partial charge in [0.05, 0.1) is 17.6 Å². The van der Waals surface area contributed by atoms with Crippen LogP contribution in [0, 0.1) is 11.8 Å².